The van der Waals surface area contributed by atoms with Gasteiger partial charge < -0.3 is 16.5 Å². The van der Waals surface area contributed by atoms with Crippen molar-refractivity contribution < 1.29 is 0 Å². The van der Waals surface area contributed by atoms with Crippen molar-refractivity contribution >= 4 is 17.2 Å². The van der Waals surface area contributed by atoms with E-state index in [0.717, 1.165) is 0 Å². The van der Waals surface area contributed by atoms with E-state index in [0.29, 0.717) is 23.2 Å². The molecule has 5 heteroatoms. The van der Waals surface area contributed by atoms with Gasteiger partial charge >= 0.3 is 0 Å². The summed E-state index contributed by atoms with van der Waals surface area (Å²) in [7, 11) is 0. The molecule has 13 heavy (non-hydrogen) atoms. The van der Waals surface area contributed by atoms with Crippen LogP contribution in [0.2, 0.25) is 0 Å². The maximum atomic E-state index is 5.69. The monoisotopic (exact) mass is 181 g/mol. The molecule has 1 rings (SSSR count). The van der Waals surface area contributed by atoms with E-state index in [9.17, 15) is 0 Å². The van der Waals surface area contributed by atoms with Crippen LogP contribution in [0.25, 0.3) is 0 Å². The third-order valence-corrected chi connectivity index (χ3v) is 1.55. The summed E-state index contributed by atoms with van der Waals surface area (Å²) in [5, 5.41) is 3.13. The largest absolute Gasteiger partial charge is 0.397 e. The third kappa shape index (κ3) is 2.22. The Labute approximate surface area is 77.5 Å². The Morgan fingerprint density at radius 1 is 1.46 bits per heavy atom. The van der Waals surface area contributed by atoms with Crippen LogP contribution in [0.1, 0.15) is 13.8 Å². The fourth-order valence-corrected chi connectivity index (χ4v) is 1.01. The number of nitrogen functional groups attached to an aromatic ring is 2. The Kier molecular flexibility index (Phi) is 2.92. The third-order valence-electron chi connectivity index (χ3n) is 1.55. The lowest BCUT2D eigenvalue weighted by atomic mass is 10.3. The lowest BCUT2D eigenvalue weighted by Gasteiger charge is -2.14. The van der Waals surface area contributed by atoms with Crippen LogP contribution in [-0.2, 0) is 0 Å². The van der Waals surface area contributed by atoms with Crippen LogP contribution in [-0.4, -0.2) is 11.0 Å². The van der Waals surface area contributed by atoms with Gasteiger partial charge in [-0.25, -0.2) is 4.98 Å². The first kappa shape index (κ1) is 9.60. The fourth-order valence-electron chi connectivity index (χ4n) is 1.01. The number of nitrogens with two attached hydrogens (primary N) is 2. The highest BCUT2D eigenvalue weighted by Gasteiger charge is 2.06. The molecule has 0 unspecified atom stereocenters. The molecule has 0 bridgehead atoms. The van der Waals surface area contributed by atoms with Crippen molar-refractivity contribution in [2.45, 2.75) is 19.9 Å². The second-order valence-electron chi connectivity index (χ2n) is 3.07. The predicted molar refractivity (Wildman–Crippen MR) is 55.2 cm³/mol. The highest BCUT2D eigenvalue weighted by molar-refractivity contribution is 5.77. The first-order valence-corrected chi connectivity index (χ1v) is 4.12. The molecule has 0 aliphatic heterocycles. The number of aromatic nitrogens is 1. The van der Waals surface area contributed by atoms with Crippen molar-refractivity contribution in [3.63, 3.8) is 0 Å². The van der Waals surface area contributed by atoms with Crippen LogP contribution in [0.5, 0.6) is 0 Å². The number of nitrogens with one attached hydrogen (secondary N) is 2. The molecule has 1 aromatic rings. The molecule has 6 N–H and O–H groups in total. The molecule has 0 saturated carbocycles. The van der Waals surface area contributed by atoms with Crippen LogP contribution >= 0.6 is 0 Å². The van der Waals surface area contributed by atoms with Crippen LogP contribution < -0.4 is 22.3 Å². The molecule has 72 valence electrons. The molecule has 0 spiro atoms. The van der Waals surface area contributed by atoms with Crippen molar-refractivity contribution in [3.05, 3.63) is 12.3 Å². The molecule has 0 atom stereocenters. The molecule has 0 aliphatic rings. The van der Waals surface area contributed by atoms with E-state index < -0.39 is 0 Å². The summed E-state index contributed by atoms with van der Waals surface area (Å²) in [5.74, 6) is 6.00. The van der Waals surface area contributed by atoms with Crippen LogP contribution in [0.4, 0.5) is 17.2 Å². The van der Waals surface area contributed by atoms with Crippen molar-refractivity contribution in [2.75, 3.05) is 16.5 Å². The average Bonchev–Trinajstić information content (AvgIpc) is 2.03. The molecule has 0 aromatic carbocycles. The average molecular weight is 181 g/mol. The molecule has 1 heterocycles. The number of hydrazine groups is 1. The molecule has 1 aromatic heterocycles. The highest BCUT2D eigenvalue weighted by Crippen LogP contribution is 2.24. The van der Waals surface area contributed by atoms with Crippen LogP contribution in [0, 0.1) is 0 Å². The number of rotatable bonds is 3. The summed E-state index contributed by atoms with van der Waals surface area (Å²) in [6, 6.07) is 1.99. The Hall–Kier alpha value is -1.49. The zero-order chi connectivity index (χ0) is 9.84. The number of hydrogen-bond acceptors (Lipinski definition) is 5. The summed E-state index contributed by atoms with van der Waals surface area (Å²) in [6.07, 6.45) is 1.64. The van der Waals surface area contributed by atoms with Gasteiger partial charge in [-0.3, -0.25) is 5.84 Å². The molecular formula is C8H15N5. The normalized spacial score (nSPS) is 10.2. The van der Waals surface area contributed by atoms with Gasteiger partial charge in [-0.15, -0.1) is 0 Å². The maximum Gasteiger partial charge on any atom is 0.153 e. The Balaban J connectivity index is 2.98. The van der Waals surface area contributed by atoms with E-state index in [1.807, 2.05) is 13.8 Å². The Bertz CT molecular complexity index is 284. The van der Waals surface area contributed by atoms with Crippen molar-refractivity contribution in [1.29, 1.82) is 0 Å². The lowest BCUT2D eigenvalue weighted by Crippen LogP contribution is -2.17. The van der Waals surface area contributed by atoms with Crippen molar-refractivity contribution in [3.8, 4) is 0 Å². The van der Waals surface area contributed by atoms with Gasteiger partial charge in [-0.1, -0.05) is 0 Å². The summed E-state index contributed by atoms with van der Waals surface area (Å²) >= 11 is 0. The van der Waals surface area contributed by atoms with Gasteiger partial charge in [0.1, 0.15) is 5.69 Å². The molecular weight excluding hydrogens is 166 g/mol. The van der Waals surface area contributed by atoms with Gasteiger partial charge in [0.15, 0.2) is 5.82 Å². The van der Waals surface area contributed by atoms with Gasteiger partial charge in [0, 0.05) is 12.2 Å². The standard InChI is InChI=1S/C8H15N5/c1-5(2)12-8-7(13-10)6(9)3-4-11-8/h3-5,13H,10H2,1-2H3,(H3,9,11,12). The number of nitrogens with zero attached hydrogens (tertiary/aromatic N) is 1. The smallest absolute Gasteiger partial charge is 0.153 e. The second kappa shape index (κ2) is 3.95. The zero-order valence-electron chi connectivity index (χ0n) is 7.83. The van der Waals surface area contributed by atoms with E-state index in [2.05, 4.69) is 15.7 Å². The molecule has 0 fully saturated rings. The van der Waals surface area contributed by atoms with Gasteiger partial charge in [0.25, 0.3) is 0 Å². The summed E-state index contributed by atoms with van der Waals surface area (Å²) in [5.41, 5.74) is 9.42. The minimum absolute atomic E-state index is 0.293. The number of pyridine rings is 1. The second-order valence-corrected chi connectivity index (χ2v) is 3.07. The van der Waals surface area contributed by atoms with E-state index in [-0.39, 0.29) is 0 Å². The highest BCUT2D eigenvalue weighted by atomic mass is 15.2. The number of hydrogen-bond donors (Lipinski definition) is 4. The van der Waals surface area contributed by atoms with E-state index in [1.165, 1.54) is 0 Å². The van der Waals surface area contributed by atoms with Gasteiger partial charge in [0.2, 0.25) is 0 Å². The minimum atomic E-state index is 0.293. The summed E-state index contributed by atoms with van der Waals surface area (Å²) in [6.45, 7) is 4.04. The first-order valence-electron chi connectivity index (χ1n) is 4.12. The lowest BCUT2D eigenvalue weighted by molar-refractivity contribution is 0.889. The maximum absolute atomic E-state index is 5.69. The van der Waals surface area contributed by atoms with Crippen molar-refractivity contribution in [2.24, 2.45) is 5.84 Å². The summed E-state index contributed by atoms with van der Waals surface area (Å²) in [4.78, 5) is 4.12. The molecule has 0 aliphatic carbocycles. The van der Waals surface area contributed by atoms with E-state index in [1.54, 1.807) is 12.3 Å². The van der Waals surface area contributed by atoms with E-state index >= 15 is 0 Å². The van der Waals surface area contributed by atoms with Crippen LogP contribution in [0.15, 0.2) is 12.3 Å². The molecule has 0 amide bonds. The molecule has 0 saturated heterocycles. The van der Waals surface area contributed by atoms with Crippen molar-refractivity contribution in [1.82, 2.24) is 4.98 Å². The Morgan fingerprint density at radius 3 is 2.69 bits per heavy atom. The first-order chi connectivity index (χ1) is 6.15. The topological polar surface area (TPSA) is 89.0 Å². The fraction of sp³-hybridized carbons (Fsp3) is 0.375. The predicted octanol–water partition coefficient (Wildman–Crippen LogP) is 0.770. The van der Waals surface area contributed by atoms with Crippen LogP contribution in [0.3, 0.4) is 0 Å². The molecule has 0 radical (unpaired) electrons. The molecule has 5 nitrogen and oxygen atoms in total. The van der Waals surface area contributed by atoms with E-state index in [4.69, 9.17) is 11.6 Å². The van der Waals surface area contributed by atoms with Gasteiger partial charge in [0.05, 0.1) is 5.69 Å². The number of anilines is 3. The van der Waals surface area contributed by atoms with Gasteiger partial charge in [-0.05, 0) is 19.9 Å². The Morgan fingerprint density at radius 2 is 2.15 bits per heavy atom. The summed E-state index contributed by atoms with van der Waals surface area (Å²) < 4.78 is 0. The zero-order valence-corrected chi connectivity index (χ0v) is 7.83. The minimum Gasteiger partial charge on any atom is -0.397 e. The quantitative estimate of drug-likeness (QED) is 0.408. The SMILES string of the molecule is CC(C)Nc1nccc(N)c1NN. The van der Waals surface area contributed by atoms with Gasteiger partial charge in [-0.2, -0.15) is 0 Å².